The van der Waals surface area contributed by atoms with Crippen LogP contribution in [0.5, 0.6) is 0 Å². The minimum Gasteiger partial charge on any atom is -0.385 e. The predicted octanol–water partition coefficient (Wildman–Crippen LogP) is 1.39. The van der Waals surface area contributed by atoms with Gasteiger partial charge >= 0.3 is 0 Å². The van der Waals surface area contributed by atoms with Gasteiger partial charge in [-0.25, -0.2) is 0 Å². The van der Waals surface area contributed by atoms with Crippen molar-refractivity contribution in [2.75, 3.05) is 19.5 Å². The van der Waals surface area contributed by atoms with Gasteiger partial charge in [0.2, 0.25) is 0 Å². The smallest absolute Gasteiger partial charge is 0.0465 e. The number of hydrazine groups is 1. The van der Waals surface area contributed by atoms with Crippen LogP contribution in [0.2, 0.25) is 0 Å². The molecular weight excluding hydrogens is 196 g/mol. The van der Waals surface area contributed by atoms with Gasteiger partial charge < -0.3 is 4.74 Å². The molecule has 1 rings (SSSR count). The second-order valence-corrected chi connectivity index (χ2v) is 5.35. The van der Waals surface area contributed by atoms with Gasteiger partial charge in [0, 0.05) is 25.0 Å². The fourth-order valence-corrected chi connectivity index (χ4v) is 3.53. The van der Waals surface area contributed by atoms with Gasteiger partial charge in [0.05, 0.1) is 0 Å². The van der Waals surface area contributed by atoms with Crippen molar-refractivity contribution in [2.24, 2.45) is 11.8 Å². The summed E-state index contributed by atoms with van der Waals surface area (Å²) in [6.07, 6.45) is 3.73. The van der Waals surface area contributed by atoms with Gasteiger partial charge in [-0.2, -0.15) is 11.8 Å². The summed E-state index contributed by atoms with van der Waals surface area (Å²) in [7, 11) is 1.75. The van der Waals surface area contributed by atoms with E-state index in [0.29, 0.717) is 17.2 Å². The summed E-state index contributed by atoms with van der Waals surface area (Å²) in [6.45, 7) is 3.08. The van der Waals surface area contributed by atoms with Crippen LogP contribution < -0.4 is 11.3 Å². The number of hydrogen-bond acceptors (Lipinski definition) is 4. The quantitative estimate of drug-likeness (QED) is 0.522. The first-order chi connectivity index (χ1) is 6.79. The first-order valence-electron chi connectivity index (χ1n) is 5.36. The Morgan fingerprint density at radius 2 is 2.43 bits per heavy atom. The Morgan fingerprint density at radius 3 is 2.93 bits per heavy atom. The minimum absolute atomic E-state index is 0.442. The average molecular weight is 218 g/mol. The summed E-state index contributed by atoms with van der Waals surface area (Å²) in [5.41, 5.74) is 2.98. The van der Waals surface area contributed by atoms with Crippen molar-refractivity contribution < 1.29 is 4.74 Å². The highest BCUT2D eigenvalue weighted by molar-refractivity contribution is 8.00. The molecule has 4 heteroatoms. The van der Waals surface area contributed by atoms with E-state index in [9.17, 15) is 0 Å². The standard InChI is InChI=1S/C10H22N2OS/c1-8(5-6-13-2)10(12-11)9-4-3-7-14-9/h8-10,12H,3-7,11H2,1-2H3. The number of hydrogen-bond donors (Lipinski definition) is 2. The molecule has 3 atom stereocenters. The molecule has 0 aromatic carbocycles. The van der Waals surface area contributed by atoms with Crippen molar-refractivity contribution >= 4 is 11.8 Å². The van der Waals surface area contributed by atoms with E-state index in [0.717, 1.165) is 13.0 Å². The van der Waals surface area contributed by atoms with E-state index >= 15 is 0 Å². The van der Waals surface area contributed by atoms with Crippen molar-refractivity contribution in [3.05, 3.63) is 0 Å². The molecule has 3 nitrogen and oxygen atoms in total. The van der Waals surface area contributed by atoms with E-state index in [2.05, 4.69) is 24.1 Å². The molecule has 14 heavy (non-hydrogen) atoms. The fraction of sp³-hybridized carbons (Fsp3) is 1.00. The Balaban J connectivity index is 2.34. The van der Waals surface area contributed by atoms with Crippen molar-refractivity contribution in [1.82, 2.24) is 5.43 Å². The molecule has 3 unspecified atom stereocenters. The van der Waals surface area contributed by atoms with E-state index in [4.69, 9.17) is 10.6 Å². The molecule has 0 aliphatic carbocycles. The number of thioether (sulfide) groups is 1. The largest absolute Gasteiger partial charge is 0.385 e. The second-order valence-electron chi connectivity index (χ2n) is 4.00. The molecule has 84 valence electrons. The number of nitrogens with one attached hydrogen (secondary N) is 1. The monoisotopic (exact) mass is 218 g/mol. The summed E-state index contributed by atoms with van der Waals surface area (Å²) in [5.74, 6) is 7.51. The van der Waals surface area contributed by atoms with Gasteiger partial charge in [-0.15, -0.1) is 0 Å². The maximum atomic E-state index is 5.62. The molecule has 1 fully saturated rings. The van der Waals surface area contributed by atoms with E-state index in [1.807, 2.05) is 0 Å². The summed E-state index contributed by atoms with van der Waals surface area (Å²) in [6, 6.07) is 0.442. The molecule has 0 saturated carbocycles. The van der Waals surface area contributed by atoms with Crippen molar-refractivity contribution in [3.8, 4) is 0 Å². The first-order valence-corrected chi connectivity index (χ1v) is 6.41. The zero-order valence-corrected chi connectivity index (χ0v) is 9.98. The molecule has 1 aliphatic heterocycles. The second kappa shape index (κ2) is 6.67. The maximum Gasteiger partial charge on any atom is 0.0465 e. The third-order valence-corrected chi connectivity index (χ3v) is 4.43. The van der Waals surface area contributed by atoms with E-state index < -0.39 is 0 Å². The minimum atomic E-state index is 0.442. The highest BCUT2D eigenvalue weighted by atomic mass is 32.2. The zero-order valence-electron chi connectivity index (χ0n) is 9.16. The van der Waals surface area contributed by atoms with Gasteiger partial charge in [-0.1, -0.05) is 6.92 Å². The third kappa shape index (κ3) is 3.42. The van der Waals surface area contributed by atoms with Gasteiger partial charge in [0.1, 0.15) is 0 Å². The van der Waals surface area contributed by atoms with Crippen LogP contribution in [0.25, 0.3) is 0 Å². The number of rotatable bonds is 6. The molecule has 0 spiro atoms. The summed E-state index contributed by atoms with van der Waals surface area (Å²) < 4.78 is 5.09. The predicted molar refractivity (Wildman–Crippen MR) is 62.2 cm³/mol. The molecular formula is C10H22N2OS. The molecule has 1 aliphatic rings. The molecule has 0 amide bonds. The van der Waals surface area contributed by atoms with E-state index in [1.165, 1.54) is 18.6 Å². The van der Waals surface area contributed by atoms with Crippen LogP contribution >= 0.6 is 11.8 Å². The van der Waals surface area contributed by atoms with Crippen LogP contribution in [0, 0.1) is 5.92 Å². The highest BCUT2D eigenvalue weighted by Gasteiger charge is 2.28. The molecule has 0 aromatic rings. The zero-order chi connectivity index (χ0) is 10.4. The van der Waals surface area contributed by atoms with Gasteiger partial charge in [0.15, 0.2) is 0 Å². The highest BCUT2D eigenvalue weighted by Crippen LogP contribution is 2.31. The topological polar surface area (TPSA) is 47.3 Å². The number of methoxy groups -OCH3 is 1. The molecule has 0 aromatic heterocycles. The van der Waals surface area contributed by atoms with Gasteiger partial charge in [-0.3, -0.25) is 11.3 Å². The SMILES string of the molecule is COCCC(C)C(NN)C1CCCS1. The number of nitrogens with two attached hydrogens (primary N) is 1. The summed E-state index contributed by atoms with van der Waals surface area (Å²) in [4.78, 5) is 0. The molecule has 0 bridgehead atoms. The molecule has 0 radical (unpaired) electrons. The van der Waals surface area contributed by atoms with E-state index in [1.54, 1.807) is 7.11 Å². The molecule has 3 N–H and O–H groups in total. The van der Waals surface area contributed by atoms with Crippen LogP contribution in [0.1, 0.15) is 26.2 Å². The van der Waals surface area contributed by atoms with Crippen LogP contribution in [-0.2, 0) is 4.74 Å². The lowest BCUT2D eigenvalue weighted by Gasteiger charge is -2.27. The normalized spacial score (nSPS) is 26.4. The number of ether oxygens (including phenoxy) is 1. The Labute approximate surface area is 91.1 Å². The van der Waals surface area contributed by atoms with Gasteiger partial charge in [-0.05, 0) is 30.9 Å². The van der Waals surface area contributed by atoms with Crippen LogP contribution in [0.4, 0.5) is 0 Å². The fourth-order valence-electron chi connectivity index (χ4n) is 2.01. The average Bonchev–Trinajstić information content (AvgIpc) is 2.69. The Morgan fingerprint density at radius 1 is 1.64 bits per heavy atom. The maximum absolute atomic E-state index is 5.62. The molecule has 1 heterocycles. The summed E-state index contributed by atoms with van der Waals surface area (Å²) in [5, 5.41) is 0.701. The Kier molecular flexibility index (Phi) is 5.86. The van der Waals surface area contributed by atoms with Crippen molar-refractivity contribution in [3.63, 3.8) is 0 Å². The van der Waals surface area contributed by atoms with E-state index in [-0.39, 0.29) is 0 Å². The Bertz CT molecular complexity index is 151. The van der Waals surface area contributed by atoms with Crippen molar-refractivity contribution in [1.29, 1.82) is 0 Å². The first kappa shape index (κ1) is 12.3. The third-order valence-electron chi connectivity index (χ3n) is 2.95. The van der Waals surface area contributed by atoms with Crippen molar-refractivity contribution in [2.45, 2.75) is 37.5 Å². The summed E-state index contributed by atoms with van der Waals surface area (Å²) >= 11 is 2.05. The van der Waals surface area contributed by atoms with Crippen LogP contribution in [-0.4, -0.2) is 30.8 Å². The molecule has 1 saturated heterocycles. The van der Waals surface area contributed by atoms with Crippen LogP contribution in [0.15, 0.2) is 0 Å². The lowest BCUT2D eigenvalue weighted by Crippen LogP contribution is -2.46. The van der Waals surface area contributed by atoms with Gasteiger partial charge in [0.25, 0.3) is 0 Å². The Hall–Kier alpha value is 0.230. The lowest BCUT2D eigenvalue weighted by molar-refractivity contribution is 0.169. The van der Waals surface area contributed by atoms with Crippen LogP contribution in [0.3, 0.4) is 0 Å². The lowest BCUT2D eigenvalue weighted by atomic mass is 9.94.